The molecule has 0 amide bonds. The van der Waals surface area contributed by atoms with E-state index >= 15 is 0 Å². The summed E-state index contributed by atoms with van der Waals surface area (Å²) in [5.74, 6) is 0.647. The van der Waals surface area contributed by atoms with E-state index in [0.29, 0.717) is 11.3 Å². The summed E-state index contributed by atoms with van der Waals surface area (Å²) in [5.41, 5.74) is 0.299. The molecule has 1 saturated carbocycles. The van der Waals surface area contributed by atoms with Crippen LogP contribution in [0.5, 0.6) is 0 Å². The number of carboxylic acid groups (broad SMARTS) is 1. The number of hydrogen-bond donors (Lipinski definition) is 1. The van der Waals surface area contributed by atoms with Gasteiger partial charge in [0.05, 0.1) is 5.92 Å². The summed E-state index contributed by atoms with van der Waals surface area (Å²) in [5, 5.41) is 9.50. The minimum Gasteiger partial charge on any atom is -0.481 e. The fraction of sp³-hybridized carbons (Fsp3) is 0.938. The first-order valence-corrected chi connectivity index (χ1v) is 7.76. The first kappa shape index (κ1) is 14.8. The fourth-order valence-electron chi connectivity index (χ4n) is 3.90. The predicted molar refractivity (Wildman–Crippen MR) is 77.1 cm³/mol. The van der Waals surface area contributed by atoms with Crippen molar-refractivity contribution in [2.24, 2.45) is 23.2 Å². The quantitative estimate of drug-likeness (QED) is 0.835. The molecule has 1 aliphatic carbocycles. The van der Waals surface area contributed by atoms with E-state index in [1.54, 1.807) is 0 Å². The van der Waals surface area contributed by atoms with Gasteiger partial charge in [-0.2, -0.15) is 0 Å². The van der Waals surface area contributed by atoms with Crippen LogP contribution in [0.4, 0.5) is 0 Å². The van der Waals surface area contributed by atoms with Gasteiger partial charge in [0, 0.05) is 12.6 Å². The van der Waals surface area contributed by atoms with Crippen LogP contribution >= 0.6 is 0 Å². The average molecular weight is 267 g/mol. The van der Waals surface area contributed by atoms with Gasteiger partial charge >= 0.3 is 5.97 Å². The summed E-state index contributed by atoms with van der Waals surface area (Å²) in [7, 11) is 0. The van der Waals surface area contributed by atoms with Crippen molar-refractivity contribution in [3.05, 3.63) is 0 Å². The van der Waals surface area contributed by atoms with Gasteiger partial charge in [-0.25, -0.2) is 0 Å². The SMILES string of the molecule is CC1CCN(C2CC(C(C)(C)C)CCC2C(=O)O)C1. The van der Waals surface area contributed by atoms with E-state index in [0.717, 1.165) is 38.3 Å². The average Bonchev–Trinajstić information content (AvgIpc) is 2.73. The molecule has 0 spiro atoms. The minimum absolute atomic E-state index is 0.149. The van der Waals surface area contributed by atoms with Crippen LogP contribution in [0.25, 0.3) is 0 Å². The Balaban J connectivity index is 2.11. The second-order valence-corrected chi connectivity index (χ2v) is 7.78. The molecular weight excluding hydrogens is 238 g/mol. The molecule has 0 aromatic heterocycles. The van der Waals surface area contributed by atoms with Crippen LogP contribution < -0.4 is 0 Å². The second-order valence-electron chi connectivity index (χ2n) is 7.78. The number of carboxylic acids is 1. The molecule has 2 aliphatic rings. The van der Waals surface area contributed by atoms with Gasteiger partial charge in [0.1, 0.15) is 0 Å². The number of aliphatic carboxylic acids is 1. The number of hydrogen-bond acceptors (Lipinski definition) is 2. The molecule has 1 heterocycles. The molecule has 1 saturated heterocycles. The highest BCUT2D eigenvalue weighted by Gasteiger charge is 2.42. The molecule has 0 aromatic carbocycles. The Bertz CT molecular complexity index is 334. The highest BCUT2D eigenvalue weighted by molar-refractivity contribution is 5.71. The topological polar surface area (TPSA) is 40.5 Å². The van der Waals surface area contributed by atoms with Crippen molar-refractivity contribution in [3.63, 3.8) is 0 Å². The van der Waals surface area contributed by atoms with Crippen molar-refractivity contribution in [2.45, 2.75) is 59.4 Å². The summed E-state index contributed by atoms with van der Waals surface area (Å²) >= 11 is 0. The highest BCUT2D eigenvalue weighted by Crippen LogP contribution is 2.42. The summed E-state index contributed by atoms with van der Waals surface area (Å²) in [4.78, 5) is 14.0. The zero-order chi connectivity index (χ0) is 14.2. The molecule has 3 nitrogen and oxygen atoms in total. The van der Waals surface area contributed by atoms with Gasteiger partial charge < -0.3 is 5.11 Å². The smallest absolute Gasteiger partial charge is 0.308 e. The third-order valence-electron chi connectivity index (χ3n) is 5.28. The molecule has 110 valence electrons. The van der Waals surface area contributed by atoms with Gasteiger partial charge in [0.25, 0.3) is 0 Å². The van der Waals surface area contributed by atoms with E-state index in [2.05, 4.69) is 32.6 Å². The number of likely N-dealkylation sites (tertiary alicyclic amines) is 1. The molecule has 4 atom stereocenters. The monoisotopic (exact) mass is 267 g/mol. The van der Waals surface area contributed by atoms with Crippen molar-refractivity contribution in [3.8, 4) is 0 Å². The van der Waals surface area contributed by atoms with E-state index in [1.807, 2.05) is 0 Å². The van der Waals surface area contributed by atoms with Gasteiger partial charge in [-0.15, -0.1) is 0 Å². The zero-order valence-corrected chi connectivity index (χ0v) is 12.9. The van der Waals surface area contributed by atoms with Crippen molar-refractivity contribution >= 4 is 5.97 Å². The van der Waals surface area contributed by atoms with Gasteiger partial charge in [-0.05, 0) is 49.5 Å². The Morgan fingerprint density at radius 3 is 2.37 bits per heavy atom. The van der Waals surface area contributed by atoms with Crippen LogP contribution in [0.2, 0.25) is 0 Å². The Morgan fingerprint density at radius 1 is 1.21 bits per heavy atom. The summed E-state index contributed by atoms with van der Waals surface area (Å²) in [6.07, 6.45) is 4.21. The van der Waals surface area contributed by atoms with Crippen molar-refractivity contribution in [1.29, 1.82) is 0 Å². The van der Waals surface area contributed by atoms with Crippen LogP contribution in [-0.2, 0) is 4.79 Å². The third kappa shape index (κ3) is 3.31. The summed E-state index contributed by atoms with van der Waals surface area (Å²) < 4.78 is 0. The van der Waals surface area contributed by atoms with Crippen LogP contribution in [0.1, 0.15) is 53.4 Å². The van der Waals surface area contributed by atoms with Crippen LogP contribution in [0.3, 0.4) is 0 Å². The Labute approximate surface area is 117 Å². The first-order valence-electron chi connectivity index (χ1n) is 7.76. The fourth-order valence-corrected chi connectivity index (χ4v) is 3.90. The first-order chi connectivity index (χ1) is 8.79. The lowest BCUT2D eigenvalue weighted by Crippen LogP contribution is -2.48. The molecule has 0 bridgehead atoms. The summed E-state index contributed by atoms with van der Waals surface area (Å²) in [6, 6.07) is 0.264. The van der Waals surface area contributed by atoms with Crippen molar-refractivity contribution < 1.29 is 9.90 Å². The molecule has 3 heteroatoms. The molecule has 19 heavy (non-hydrogen) atoms. The molecular formula is C16H29NO2. The number of nitrogens with zero attached hydrogens (tertiary/aromatic N) is 1. The van der Waals surface area contributed by atoms with Crippen LogP contribution in [0, 0.1) is 23.2 Å². The Kier molecular flexibility index (Phi) is 4.24. The Morgan fingerprint density at radius 2 is 1.89 bits per heavy atom. The number of carbonyl (C=O) groups is 1. The zero-order valence-electron chi connectivity index (χ0n) is 12.9. The molecule has 4 unspecified atom stereocenters. The van der Waals surface area contributed by atoms with Gasteiger partial charge in [0.2, 0.25) is 0 Å². The molecule has 0 radical (unpaired) electrons. The molecule has 1 N–H and O–H groups in total. The van der Waals surface area contributed by atoms with E-state index in [9.17, 15) is 9.90 Å². The number of rotatable bonds is 2. The second kappa shape index (κ2) is 5.43. The maximum atomic E-state index is 11.5. The van der Waals surface area contributed by atoms with E-state index in [4.69, 9.17) is 0 Å². The van der Waals surface area contributed by atoms with E-state index < -0.39 is 5.97 Å². The van der Waals surface area contributed by atoms with E-state index in [-0.39, 0.29) is 12.0 Å². The van der Waals surface area contributed by atoms with Crippen molar-refractivity contribution in [1.82, 2.24) is 4.90 Å². The van der Waals surface area contributed by atoms with E-state index in [1.165, 1.54) is 6.42 Å². The largest absolute Gasteiger partial charge is 0.481 e. The predicted octanol–water partition coefficient (Wildman–Crippen LogP) is 3.24. The van der Waals surface area contributed by atoms with Crippen LogP contribution in [0.15, 0.2) is 0 Å². The standard InChI is InChI=1S/C16H29NO2/c1-11-7-8-17(10-11)14-9-12(16(2,3)4)5-6-13(14)15(18)19/h11-14H,5-10H2,1-4H3,(H,18,19). The normalized spacial score (nSPS) is 37.5. The minimum atomic E-state index is -0.586. The molecule has 2 fully saturated rings. The lowest BCUT2D eigenvalue weighted by Gasteiger charge is -2.44. The highest BCUT2D eigenvalue weighted by atomic mass is 16.4. The molecule has 1 aliphatic heterocycles. The third-order valence-corrected chi connectivity index (χ3v) is 5.28. The maximum Gasteiger partial charge on any atom is 0.308 e. The lowest BCUT2D eigenvalue weighted by molar-refractivity contribution is -0.146. The molecule has 2 rings (SSSR count). The summed E-state index contributed by atoms with van der Waals surface area (Å²) in [6.45, 7) is 11.3. The van der Waals surface area contributed by atoms with Gasteiger partial charge in [-0.1, -0.05) is 27.7 Å². The lowest BCUT2D eigenvalue weighted by atomic mass is 9.67. The van der Waals surface area contributed by atoms with Crippen LogP contribution in [-0.4, -0.2) is 35.1 Å². The molecule has 0 aromatic rings. The maximum absolute atomic E-state index is 11.5. The van der Waals surface area contributed by atoms with Gasteiger partial charge in [0.15, 0.2) is 0 Å². The van der Waals surface area contributed by atoms with Crippen molar-refractivity contribution in [2.75, 3.05) is 13.1 Å². The Hall–Kier alpha value is -0.570. The van der Waals surface area contributed by atoms with Gasteiger partial charge in [-0.3, -0.25) is 9.69 Å².